The molecule has 0 saturated heterocycles. The number of nitriles is 1. The van der Waals surface area contributed by atoms with E-state index in [4.69, 9.17) is 5.26 Å². The van der Waals surface area contributed by atoms with Crippen LogP contribution in [0.1, 0.15) is 19.3 Å². The summed E-state index contributed by atoms with van der Waals surface area (Å²) in [4.78, 5) is 2.31. The average Bonchev–Trinajstić information content (AvgIpc) is 2.39. The van der Waals surface area contributed by atoms with Crippen LogP contribution in [0.15, 0.2) is 42.0 Å². The molecule has 1 aromatic carbocycles. The van der Waals surface area contributed by atoms with Gasteiger partial charge in [0.2, 0.25) is 0 Å². The van der Waals surface area contributed by atoms with E-state index in [1.807, 2.05) is 6.07 Å². The van der Waals surface area contributed by atoms with Gasteiger partial charge in [-0.25, -0.2) is 0 Å². The highest BCUT2D eigenvalue weighted by molar-refractivity contribution is 5.46. The Hall–Kier alpha value is -1.75. The van der Waals surface area contributed by atoms with Crippen molar-refractivity contribution in [3.05, 3.63) is 42.0 Å². The van der Waals surface area contributed by atoms with Gasteiger partial charge in [-0.2, -0.15) is 5.26 Å². The first kappa shape index (κ1) is 10.8. The third-order valence-electron chi connectivity index (χ3n) is 3.24. The summed E-state index contributed by atoms with van der Waals surface area (Å²) in [6.45, 7) is 0. The van der Waals surface area contributed by atoms with Crippen LogP contribution < -0.4 is 4.90 Å². The van der Waals surface area contributed by atoms with Gasteiger partial charge in [-0.1, -0.05) is 24.3 Å². The van der Waals surface area contributed by atoms with Gasteiger partial charge in [-0.15, -0.1) is 0 Å². The molecule has 0 N–H and O–H groups in total. The Morgan fingerprint density at radius 2 is 2.06 bits per heavy atom. The monoisotopic (exact) mass is 212 g/mol. The molecule has 16 heavy (non-hydrogen) atoms. The summed E-state index contributed by atoms with van der Waals surface area (Å²) < 4.78 is 0. The molecule has 1 aliphatic rings. The second-order valence-electron chi connectivity index (χ2n) is 4.22. The third kappa shape index (κ3) is 2.25. The van der Waals surface area contributed by atoms with Gasteiger partial charge < -0.3 is 4.90 Å². The minimum Gasteiger partial charge on any atom is -0.371 e. The highest BCUT2D eigenvalue weighted by atomic mass is 15.1. The van der Waals surface area contributed by atoms with Crippen molar-refractivity contribution in [1.82, 2.24) is 0 Å². The first-order valence-electron chi connectivity index (χ1n) is 5.68. The van der Waals surface area contributed by atoms with E-state index < -0.39 is 0 Å². The number of benzene rings is 1. The van der Waals surface area contributed by atoms with Gasteiger partial charge in [0.25, 0.3) is 0 Å². The molecule has 0 amide bonds. The quantitative estimate of drug-likeness (QED) is 0.753. The Bertz CT molecular complexity index is 414. The Balaban J connectivity index is 2.06. The zero-order chi connectivity index (χ0) is 11.4. The molecule has 0 saturated carbocycles. The lowest BCUT2D eigenvalue weighted by Crippen LogP contribution is -2.32. The summed E-state index contributed by atoms with van der Waals surface area (Å²) in [6.07, 6.45) is 5.05. The van der Waals surface area contributed by atoms with Gasteiger partial charge in [-0.3, -0.25) is 0 Å². The molecule has 2 nitrogen and oxygen atoms in total. The summed E-state index contributed by atoms with van der Waals surface area (Å²) in [6, 6.07) is 13.2. The first-order valence-corrected chi connectivity index (χ1v) is 5.68. The molecular weight excluding hydrogens is 196 g/mol. The molecule has 1 atom stereocenters. The number of nitrogens with zero attached hydrogens (tertiary/aromatic N) is 2. The fraction of sp³-hybridized carbons (Fsp3) is 0.357. The summed E-state index contributed by atoms with van der Waals surface area (Å²) in [5, 5.41) is 8.80. The van der Waals surface area contributed by atoms with E-state index in [0.29, 0.717) is 6.04 Å². The number of allylic oxidation sites excluding steroid dienone is 1. The zero-order valence-corrected chi connectivity index (χ0v) is 9.56. The van der Waals surface area contributed by atoms with Crippen LogP contribution in [0.5, 0.6) is 0 Å². The number of para-hydroxylation sites is 1. The summed E-state index contributed by atoms with van der Waals surface area (Å²) >= 11 is 0. The van der Waals surface area contributed by atoms with E-state index in [0.717, 1.165) is 24.8 Å². The third-order valence-corrected chi connectivity index (χ3v) is 3.24. The van der Waals surface area contributed by atoms with Crippen molar-refractivity contribution < 1.29 is 0 Å². The number of hydrogen-bond acceptors (Lipinski definition) is 2. The molecule has 0 aliphatic heterocycles. The summed E-state index contributed by atoms with van der Waals surface area (Å²) in [5.74, 6) is 0. The Labute approximate surface area is 96.8 Å². The van der Waals surface area contributed by atoms with E-state index in [9.17, 15) is 0 Å². The van der Waals surface area contributed by atoms with E-state index in [1.165, 1.54) is 5.69 Å². The second kappa shape index (κ2) is 4.85. The molecule has 0 spiro atoms. The number of rotatable bonds is 2. The highest BCUT2D eigenvalue weighted by Gasteiger charge is 2.18. The van der Waals surface area contributed by atoms with E-state index in [-0.39, 0.29) is 0 Å². The van der Waals surface area contributed by atoms with Crippen LogP contribution in [0.25, 0.3) is 0 Å². The minimum atomic E-state index is 0.527. The molecule has 0 aromatic heterocycles. The fourth-order valence-electron chi connectivity index (χ4n) is 2.15. The van der Waals surface area contributed by atoms with Crippen LogP contribution in [0, 0.1) is 11.3 Å². The molecule has 0 fully saturated rings. The van der Waals surface area contributed by atoms with Crippen LogP contribution in [-0.2, 0) is 0 Å². The Kier molecular flexibility index (Phi) is 3.26. The Morgan fingerprint density at radius 3 is 2.62 bits per heavy atom. The van der Waals surface area contributed by atoms with E-state index in [2.05, 4.69) is 48.4 Å². The van der Waals surface area contributed by atoms with Crippen molar-refractivity contribution in [3.8, 4) is 6.07 Å². The fourth-order valence-corrected chi connectivity index (χ4v) is 2.15. The molecular formula is C14H16N2. The van der Waals surface area contributed by atoms with Gasteiger partial charge in [0.05, 0.1) is 6.07 Å². The average molecular weight is 212 g/mol. The van der Waals surface area contributed by atoms with Crippen LogP contribution in [-0.4, -0.2) is 13.1 Å². The Morgan fingerprint density at radius 1 is 1.31 bits per heavy atom. The van der Waals surface area contributed by atoms with Crippen molar-refractivity contribution >= 4 is 5.69 Å². The topological polar surface area (TPSA) is 27.0 Å². The minimum absolute atomic E-state index is 0.527. The van der Waals surface area contributed by atoms with Gasteiger partial charge in [0, 0.05) is 24.4 Å². The van der Waals surface area contributed by atoms with Crippen molar-refractivity contribution in [3.63, 3.8) is 0 Å². The molecule has 0 bridgehead atoms. The van der Waals surface area contributed by atoms with Crippen molar-refractivity contribution in [2.75, 3.05) is 11.9 Å². The lowest BCUT2D eigenvalue weighted by atomic mass is 9.95. The van der Waals surface area contributed by atoms with Crippen molar-refractivity contribution in [1.29, 1.82) is 5.26 Å². The van der Waals surface area contributed by atoms with Gasteiger partial charge >= 0.3 is 0 Å². The van der Waals surface area contributed by atoms with Crippen LogP contribution >= 0.6 is 0 Å². The van der Waals surface area contributed by atoms with Gasteiger partial charge in [-0.05, 0) is 31.4 Å². The van der Waals surface area contributed by atoms with Gasteiger partial charge in [0.1, 0.15) is 0 Å². The molecule has 1 aromatic rings. The number of hydrogen-bond donors (Lipinski definition) is 0. The lowest BCUT2D eigenvalue weighted by molar-refractivity contribution is 0.566. The molecule has 1 aliphatic carbocycles. The molecule has 82 valence electrons. The maximum atomic E-state index is 8.80. The van der Waals surface area contributed by atoms with Crippen LogP contribution in [0.3, 0.4) is 0 Å². The van der Waals surface area contributed by atoms with Crippen molar-refractivity contribution in [2.24, 2.45) is 0 Å². The van der Waals surface area contributed by atoms with Crippen LogP contribution in [0.2, 0.25) is 0 Å². The molecule has 0 heterocycles. The van der Waals surface area contributed by atoms with Crippen molar-refractivity contribution in [2.45, 2.75) is 25.3 Å². The summed E-state index contributed by atoms with van der Waals surface area (Å²) in [7, 11) is 2.13. The molecule has 2 heteroatoms. The second-order valence-corrected chi connectivity index (χ2v) is 4.22. The largest absolute Gasteiger partial charge is 0.371 e. The van der Waals surface area contributed by atoms with E-state index >= 15 is 0 Å². The molecule has 1 unspecified atom stereocenters. The van der Waals surface area contributed by atoms with Gasteiger partial charge in [0.15, 0.2) is 0 Å². The smallest absolute Gasteiger partial charge is 0.0943 e. The van der Waals surface area contributed by atoms with E-state index in [1.54, 1.807) is 0 Å². The normalized spacial score (nSPS) is 19.8. The molecule has 2 rings (SSSR count). The predicted octanol–water partition coefficient (Wildman–Crippen LogP) is 3.13. The molecule has 0 radical (unpaired) electrons. The standard InChI is InChI=1S/C14H16N2/c1-16(13-5-3-2-4-6-13)14-9-7-12(11-15)8-10-14/h2-7,14H,8-10H2,1H3. The van der Waals surface area contributed by atoms with Crippen LogP contribution in [0.4, 0.5) is 5.69 Å². The zero-order valence-electron chi connectivity index (χ0n) is 9.56. The SMILES string of the molecule is CN(c1ccccc1)C1CC=C(C#N)CC1. The maximum Gasteiger partial charge on any atom is 0.0943 e. The predicted molar refractivity (Wildman–Crippen MR) is 66.2 cm³/mol. The first-order chi connectivity index (χ1) is 7.81. The highest BCUT2D eigenvalue weighted by Crippen LogP contribution is 2.25. The lowest BCUT2D eigenvalue weighted by Gasteiger charge is -2.31. The maximum absolute atomic E-state index is 8.80. The summed E-state index contributed by atoms with van der Waals surface area (Å²) in [5.41, 5.74) is 2.19. The number of anilines is 1.